The Labute approximate surface area is 187 Å². The van der Waals surface area contributed by atoms with Crippen molar-refractivity contribution in [2.75, 3.05) is 0 Å². The fraction of sp³-hybridized carbons (Fsp3) is 0. The molecule has 0 aliphatic rings. The van der Waals surface area contributed by atoms with E-state index in [1.54, 1.807) is 30.3 Å². The SMILES string of the molecule is O=c1c(C=C=Cc2cc(Cl)c(O)c(Cl)c2)c(O)n(-c2ccccc2)n1-c1ccccc1. The molecule has 0 unspecified atom stereocenters. The van der Waals surface area contributed by atoms with Crippen molar-refractivity contribution in [1.29, 1.82) is 0 Å². The van der Waals surface area contributed by atoms with Crippen LogP contribution in [0.4, 0.5) is 0 Å². The van der Waals surface area contributed by atoms with E-state index in [9.17, 15) is 15.0 Å². The van der Waals surface area contributed by atoms with Crippen LogP contribution in [-0.4, -0.2) is 19.6 Å². The molecule has 0 fully saturated rings. The summed E-state index contributed by atoms with van der Waals surface area (Å²) < 4.78 is 2.84. The lowest BCUT2D eigenvalue weighted by Gasteiger charge is -2.12. The lowest BCUT2D eigenvalue weighted by Crippen LogP contribution is -2.20. The Morgan fingerprint density at radius 3 is 1.84 bits per heavy atom. The first kappa shape index (κ1) is 20.6. The molecule has 0 atom stereocenters. The molecule has 154 valence electrons. The second-order valence-corrected chi connectivity index (χ2v) is 7.44. The van der Waals surface area contributed by atoms with Crippen LogP contribution in [0.5, 0.6) is 11.6 Å². The van der Waals surface area contributed by atoms with Gasteiger partial charge in [0.1, 0.15) is 5.56 Å². The first-order valence-electron chi connectivity index (χ1n) is 9.25. The van der Waals surface area contributed by atoms with Crippen LogP contribution in [-0.2, 0) is 0 Å². The van der Waals surface area contributed by atoms with E-state index in [0.29, 0.717) is 16.9 Å². The van der Waals surface area contributed by atoms with Crippen LogP contribution >= 0.6 is 23.2 Å². The van der Waals surface area contributed by atoms with E-state index in [4.69, 9.17) is 23.2 Å². The molecule has 0 aliphatic heterocycles. The minimum absolute atomic E-state index is 0.0694. The van der Waals surface area contributed by atoms with Gasteiger partial charge in [0, 0.05) is 0 Å². The Hall–Kier alpha value is -3.63. The maximum Gasteiger partial charge on any atom is 0.283 e. The largest absolute Gasteiger partial charge is 0.505 e. The van der Waals surface area contributed by atoms with E-state index in [1.165, 1.54) is 27.6 Å². The zero-order valence-electron chi connectivity index (χ0n) is 16.0. The number of benzene rings is 3. The minimum Gasteiger partial charge on any atom is -0.505 e. The molecule has 0 spiro atoms. The molecular weight excluding hydrogens is 435 g/mol. The molecule has 0 bridgehead atoms. The Kier molecular flexibility index (Phi) is 5.74. The van der Waals surface area contributed by atoms with E-state index >= 15 is 0 Å². The third-order valence-corrected chi connectivity index (χ3v) is 5.16. The van der Waals surface area contributed by atoms with E-state index in [2.05, 4.69) is 5.73 Å². The fourth-order valence-corrected chi connectivity index (χ4v) is 3.64. The number of phenols is 1. The van der Waals surface area contributed by atoms with E-state index in [0.717, 1.165) is 0 Å². The van der Waals surface area contributed by atoms with Crippen LogP contribution in [0.2, 0.25) is 10.0 Å². The Morgan fingerprint density at radius 1 is 0.774 bits per heavy atom. The number of halogens is 2. The molecule has 1 aromatic heterocycles. The summed E-state index contributed by atoms with van der Waals surface area (Å²) in [6.07, 6.45) is 2.94. The van der Waals surface area contributed by atoms with Gasteiger partial charge in [0.15, 0.2) is 5.75 Å². The average Bonchev–Trinajstić information content (AvgIpc) is 3.03. The monoisotopic (exact) mass is 450 g/mol. The van der Waals surface area contributed by atoms with Crippen LogP contribution in [0, 0.1) is 0 Å². The highest BCUT2D eigenvalue weighted by atomic mass is 35.5. The zero-order chi connectivity index (χ0) is 22.0. The number of nitrogens with zero attached hydrogens (tertiary/aromatic N) is 2. The predicted molar refractivity (Wildman–Crippen MR) is 124 cm³/mol. The smallest absolute Gasteiger partial charge is 0.283 e. The molecule has 0 amide bonds. The van der Waals surface area contributed by atoms with Crippen molar-refractivity contribution in [3.63, 3.8) is 0 Å². The highest BCUT2D eigenvalue weighted by Gasteiger charge is 2.20. The van der Waals surface area contributed by atoms with Gasteiger partial charge < -0.3 is 10.2 Å². The molecule has 4 aromatic rings. The molecule has 0 radical (unpaired) electrons. The standard InChI is InChI=1S/C24H16Cl2N2O3/c25-20-14-16(15-21(26)22(20)29)8-7-13-19-23(30)27(17-9-3-1-4-10-17)28(24(19)31)18-11-5-2-6-12-18/h1-6,8-15,29-30H. The summed E-state index contributed by atoms with van der Waals surface area (Å²) in [5.74, 6) is -0.421. The number of hydrogen-bond donors (Lipinski definition) is 2. The predicted octanol–water partition coefficient (Wildman–Crippen LogP) is 5.67. The number of phenolic OH excluding ortho intramolecular Hbond substituents is 1. The van der Waals surface area contributed by atoms with Gasteiger partial charge in [-0.1, -0.05) is 59.6 Å². The number of hydrogen-bond acceptors (Lipinski definition) is 3. The van der Waals surface area contributed by atoms with Crippen LogP contribution in [0.3, 0.4) is 0 Å². The molecule has 0 saturated carbocycles. The number of aromatic hydroxyl groups is 2. The molecule has 31 heavy (non-hydrogen) atoms. The van der Waals surface area contributed by atoms with Crippen molar-refractivity contribution < 1.29 is 10.2 Å². The third kappa shape index (κ3) is 4.03. The Morgan fingerprint density at radius 2 is 1.29 bits per heavy atom. The number of aromatic nitrogens is 2. The maximum absolute atomic E-state index is 13.2. The molecule has 5 nitrogen and oxygen atoms in total. The second kappa shape index (κ2) is 8.62. The summed E-state index contributed by atoms with van der Waals surface area (Å²) in [6.45, 7) is 0. The highest BCUT2D eigenvalue weighted by Crippen LogP contribution is 2.33. The van der Waals surface area contributed by atoms with Gasteiger partial charge >= 0.3 is 0 Å². The van der Waals surface area contributed by atoms with E-state index < -0.39 is 5.56 Å². The summed E-state index contributed by atoms with van der Waals surface area (Å²) in [4.78, 5) is 13.2. The van der Waals surface area contributed by atoms with Gasteiger partial charge in [-0.15, -0.1) is 5.73 Å². The van der Waals surface area contributed by atoms with E-state index in [-0.39, 0.29) is 27.2 Å². The van der Waals surface area contributed by atoms with Crippen LogP contribution in [0.15, 0.2) is 83.3 Å². The van der Waals surface area contributed by atoms with Crippen molar-refractivity contribution >= 4 is 35.4 Å². The maximum atomic E-state index is 13.2. The first-order chi connectivity index (χ1) is 15.0. The van der Waals surface area contributed by atoms with Crippen molar-refractivity contribution in [3.05, 3.63) is 110 Å². The van der Waals surface area contributed by atoms with Gasteiger partial charge in [0.25, 0.3) is 5.56 Å². The van der Waals surface area contributed by atoms with Crippen LogP contribution in [0.25, 0.3) is 23.5 Å². The molecular formula is C24H16Cl2N2O3. The molecule has 0 saturated heterocycles. The zero-order valence-corrected chi connectivity index (χ0v) is 17.5. The quantitative estimate of drug-likeness (QED) is 0.393. The summed E-state index contributed by atoms with van der Waals surface area (Å²) in [5.41, 5.74) is 4.35. The molecule has 1 heterocycles. The number of rotatable bonds is 4. The van der Waals surface area contributed by atoms with Gasteiger partial charge in [-0.3, -0.25) is 4.79 Å². The average molecular weight is 451 g/mol. The molecule has 7 heteroatoms. The van der Waals surface area contributed by atoms with Gasteiger partial charge in [-0.25, -0.2) is 9.36 Å². The minimum atomic E-state index is -0.407. The lowest BCUT2D eigenvalue weighted by atomic mass is 10.2. The third-order valence-electron chi connectivity index (χ3n) is 4.58. The van der Waals surface area contributed by atoms with Crippen molar-refractivity contribution in [1.82, 2.24) is 9.36 Å². The van der Waals surface area contributed by atoms with Crippen molar-refractivity contribution in [2.45, 2.75) is 0 Å². The lowest BCUT2D eigenvalue weighted by molar-refractivity contribution is 0.424. The van der Waals surface area contributed by atoms with Gasteiger partial charge in [0.2, 0.25) is 5.88 Å². The fourth-order valence-electron chi connectivity index (χ4n) is 3.13. The summed E-state index contributed by atoms with van der Waals surface area (Å²) in [7, 11) is 0. The summed E-state index contributed by atoms with van der Waals surface area (Å²) in [5, 5.41) is 20.8. The normalized spacial score (nSPS) is 10.5. The molecule has 0 aliphatic carbocycles. The molecule has 4 rings (SSSR count). The van der Waals surface area contributed by atoms with Gasteiger partial charge in [-0.05, 0) is 54.1 Å². The Balaban J connectivity index is 1.87. The van der Waals surface area contributed by atoms with Crippen molar-refractivity contribution in [3.8, 4) is 23.0 Å². The molecule has 2 N–H and O–H groups in total. The van der Waals surface area contributed by atoms with Gasteiger partial charge in [0.05, 0.1) is 21.4 Å². The highest BCUT2D eigenvalue weighted by molar-refractivity contribution is 6.37. The second-order valence-electron chi connectivity index (χ2n) is 6.63. The summed E-state index contributed by atoms with van der Waals surface area (Å²) in [6, 6.07) is 21.2. The first-order valence-corrected chi connectivity index (χ1v) is 10.0. The van der Waals surface area contributed by atoms with Crippen molar-refractivity contribution in [2.24, 2.45) is 0 Å². The van der Waals surface area contributed by atoms with Crippen LogP contribution < -0.4 is 5.56 Å². The van der Waals surface area contributed by atoms with E-state index in [1.807, 2.05) is 36.4 Å². The van der Waals surface area contributed by atoms with Gasteiger partial charge in [-0.2, -0.15) is 0 Å². The van der Waals surface area contributed by atoms with Crippen LogP contribution in [0.1, 0.15) is 11.1 Å². The molecule has 3 aromatic carbocycles. The summed E-state index contributed by atoms with van der Waals surface area (Å²) >= 11 is 11.9. The topological polar surface area (TPSA) is 67.4 Å². The Bertz CT molecular complexity index is 1340. The number of para-hydroxylation sites is 2.